The molecule has 6 nitrogen and oxygen atoms in total. The fourth-order valence-corrected chi connectivity index (χ4v) is 2.73. The molecule has 7 heteroatoms. The van der Waals surface area contributed by atoms with E-state index >= 15 is 0 Å². The fourth-order valence-electron chi connectivity index (χ4n) is 2.17. The maximum atomic E-state index is 12.1. The molecule has 1 fully saturated rings. The number of nitrogens with zero attached hydrogens (tertiary/aromatic N) is 1. The van der Waals surface area contributed by atoms with Gasteiger partial charge in [0, 0.05) is 4.90 Å². The maximum Gasteiger partial charge on any atom is 0.329 e. The Bertz CT molecular complexity index is 544. The Morgan fingerprint density at radius 2 is 2.10 bits per heavy atom. The molecule has 1 aromatic carbocycles. The average Bonchev–Trinajstić information content (AvgIpc) is 2.42. The Morgan fingerprint density at radius 1 is 1.43 bits per heavy atom. The maximum absolute atomic E-state index is 12.1. The number of likely N-dealkylation sites (tertiary alicyclic amines) is 1. The summed E-state index contributed by atoms with van der Waals surface area (Å²) in [5.41, 5.74) is 0.199. The van der Waals surface area contributed by atoms with Crippen molar-refractivity contribution >= 4 is 29.4 Å². The molecule has 1 heterocycles. The fraction of sp³-hybridized carbons (Fsp3) is 0.429. The lowest BCUT2D eigenvalue weighted by atomic mass is 9.97. The Morgan fingerprint density at radius 3 is 2.71 bits per heavy atom. The molecule has 0 radical (unpaired) electrons. The van der Waals surface area contributed by atoms with Crippen LogP contribution in [0.5, 0.6) is 0 Å². The van der Waals surface area contributed by atoms with E-state index in [1.807, 2.05) is 30.5 Å². The molecule has 0 unspecified atom stereocenters. The van der Waals surface area contributed by atoms with Gasteiger partial charge in [0.15, 0.2) is 0 Å². The number of ether oxygens (including phenoxy) is 1. The average molecular weight is 310 g/mol. The van der Waals surface area contributed by atoms with Gasteiger partial charge in [-0.1, -0.05) is 12.1 Å². The number of hydrogen-bond acceptors (Lipinski definition) is 4. The normalized spacial score (nSPS) is 16.2. The molecular formula is C14H18N2O4S. The van der Waals surface area contributed by atoms with Gasteiger partial charge in [0.1, 0.15) is 12.2 Å². The van der Waals surface area contributed by atoms with Crippen molar-refractivity contribution in [2.75, 3.05) is 31.3 Å². The zero-order chi connectivity index (χ0) is 15.5. The van der Waals surface area contributed by atoms with Gasteiger partial charge in [0.05, 0.1) is 18.8 Å². The summed E-state index contributed by atoms with van der Waals surface area (Å²) < 4.78 is 5.28. The van der Waals surface area contributed by atoms with Crippen LogP contribution < -0.4 is 5.32 Å². The van der Waals surface area contributed by atoms with Crippen LogP contribution in [0, 0.1) is 0 Å². The second-order valence-electron chi connectivity index (χ2n) is 5.12. The van der Waals surface area contributed by atoms with Crippen molar-refractivity contribution in [1.29, 1.82) is 0 Å². The van der Waals surface area contributed by atoms with Crippen molar-refractivity contribution in [3.8, 4) is 0 Å². The van der Waals surface area contributed by atoms with E-state index in [0.29, 0.717) is 13.1 Å². The summed E-state index contributed by atoms with van der Waals surface area (Å²) in [6, 6.07) is 7.38. The minimum Gasteiger partial charge on any atom is -0.480 e. The van der Waals surface area contributed by atoms with Gasteiger partial charge >= 0.3 is 12.0 Å². The molecular weight excluding hydrogens is 292 g/mol. The number of amides is 2. The van der Waals surface area contributed by atoms with Crippen LogP contribution in [0.3, 0.4) is 0 Å². The van der Waals surface area contributed by atoms with Crippen LogP contribution in [-0.4, -0.2) is 53.6 Å². The quantitative estimate of drug-likeness (QED) is 0.814. The third kappa shape index (κ3) is 3.89. The van der Waals surface area contributed by atoms with Gasteiger partial charge in [-0.05, 0) is 25.3 Å². The molecule has 1 aliphatic rings. The smallest absolute Gasteiger partial charge is 0.329 e. The monoisotopic (exact) mass is 310 g/mol. The first-order chi connectivity index (χ1) is 9.93. The number of urea groups is 1. The highest BCUT2D eigenvalue weighted by atomic mass is 32.2. The number of anilines is 1. The number of nitrogens with one attached hydrogen (secondary N) is 1. The Labute approximate surface area is 127 Å². The highest BCUT2D eigenvalue weighted by Gasteiger charge is 2.42. The Balaban J connectivity index is 1.88. The molecule has 1 saturated heterocycles. The first-order valence-electron chi connectivity index (χ1n) is 6.48. The zero-order valence-corrected chi connectivity index (χ0v) is 12.8. The number of thioether (sulfide) groups is 1. The van der Waals surface area contributed by atoms with Gasteiger partial charge in [-0.2, -0.15) is 0 Å². The topological polar surface area (TPSA) is 78.9 Å². The van der Waals surface area contributed by atoms with Gasteiger partial charge < -0.3 is 20.1 Å². The van der Waals surface area contributed by atoms with Crippen LogP contribution in [0.15, 0.2) is 29.2 Å². The molecule has 1 aliphatic heterocycles. The molecule has 0 aliphatic carbocycles. The molecule has 0 atom stereocenters. The molecule has 1 aromatic rings. The minimum absolute atomic E-state index is 0.201. The Kier molecular flexibility index (Phi) is 4.74. The number of rotatable bonds is 5. The van der Waals surface area contributed by atoms with Gasteiger partial charge in [-0.15, -0.1) is 11.8 Å². The predicted molar refractivity (Wildman–Crippen MR) is 80.8 cm³/mol. The predicted octanol–water partition coefficient (Wildman–Crippen LogP) is 2.12. The molecule has 114 valence electrons. The molecule has 0 spiro atoms. The lowest BCUT2D eigenvalue weighted by Gasteiger charge is -2.46. The van der Waals surface area contributed by atoms with Gasteiger partial charge in [-0.25, -0.2) is 9.59 Å². The highest BCUT2D eigenvalue weighted by molar-refractivity contribution is 7.98. The minimum atomic E-state index is -1.01. The highest BCUT2D eigenvalue weighted by Crippen LogP contribution is 2.28. The third-order valence-corrected chi connectivity index (χ3v) is 4.03. The molecule has 0 saturated carbocycles. The number of carboxylic acids is 1. The largest absolute Gasteiger partial charge is 0.480 e. The van der Waals surface area contributed by atoms with Gasteiger partial charge in [0.25, 0.3) is 0 Å². The number of aliphatic carboxylic acids is 1. The number of para-hydroxylation sites is 1. The summed E-state index contributed by atoms with van der Waals surface area (Å²) in [6.45, 7) is 2.22. The van der Waals surface area contributed by atoms with Crippen molar-refractivity contribution in [3.05, 3.63) is 24.3 Å². The van der Waals surface area contributed by atoms with Gasteiger partial charge in [0.2, 0.25) is 0 Å². The number of carbonyl (C=O) groups is 2. The van der Waals surface area contributed by atoms with Crippen LogP contribution in [-0.2, 0) is 9.53 Å². The lowest BCUT2D eigenvalue weighted by molar-refractivity contribution is -0.159. The molecule has 21 heavy (non-hydrogen) atoms. The molecule has 2 amide bonds. The van der Waals surface area contributed by atoms with E-state index in [4.69, 9.17) is 9.84 Å². The van der Waals surface area contributed by atoms with E-state index in [0.717, 1.165) is 10.6 Å². The lowest BCUT2D eigenvalue weighted by Crippen LogP contribution is -2.64. The standard InChI is InChI=1S/C14H18N2O4S/c1-14(20-7-12(17)18)8-16(9-14)13(19)15-10-5-3-4-6-11(10)21-2/h3-6H,7-9H2,1-2H3,(H,15,19)(H,17,18). The van der Waals surface area contributed by atoms with Crippen molar-refractivity contribution in [3.63, 3.8) is 0 Å². The van der Waals surface area contributed by atoms with Crippen molar-refractivity contribution in [1.82, 2.24) is 4.90 Å². The van der Waals surface area contributed by atoms with E-state index < -0.39 is 11.6 Å². The number of benzene rings is 1. The zero-order valence-electron chi connectivity index (χ0n) is 12.0. The summed E-state index contributed by atoms with van der Waals surface area (Å²) >= 11 is 1.56. The van der Waals surface area contributed by atoms with Crippen molar-refractivity contribution in [2.24, 2.45) is 0 Å². The summed E-state index contributed by atoms with van der Waals surface area (Å²) in [6.07, 6.45) is 1.95. The van der Waals surface area contributed by atoms with Crippen LogP contribution in [0.1, 0.15) is 6.92 Å². The third-order valence-electron chi connectivity index (χ3n) is 3.23. The van der Waals surface area contributed by atoms with E-state index in [1.165, 1.54) is 0 Å². The first-order valence-corrected chi connectivity index (χ1v) is 7.71. The van der Waals surface area contributed by atoms with Gasteiger partial charge in [-0.3, -0.25) is 0 Å². The SMILES string of the molecule is CSc1ccccc1NC(=O)N1CC(C)(OCC(=O)O)C1. The second kappa shape index (κ2) is 6.36. The summed E-state index contributed by atoms with van der Waals surface area (Å²) in [4.78, 5) is 25.2. The number of carboxylic acid groups (broad SMARTS) is 1. The second-order valence-corrected chi connectivity index (χ2v) is 5.97. The molecule has 0 bridgehead atoms. The van der Waals surface area contributed by atoms with Crippen LogP contribution in [0.4, 0.5) is 10.5 Å². The summed E-state index contributed by atoms with van der Waals surface area (Å²) in [5, 5.41) is 11.5. The van der Waals surface area contributed by atoms with E-state index in [1.54, 1.807) is 23.6 Å². The van der Waals surface area contributed by atoms with Crippen molar-refractivity contribution < 1.29 is 19.4 Å². The van der Waals surface area contributed by atoms with Crippen LogP contribution in [0.2, 0.25) is 0 Å². The molecule has 2 N–H and O–H groups in total. The molecule has 0 aromatic heterocycles. The van der Waals surface area contributed by atoms with Crippen molar-refractivity contribution in [2.45, 2.75) is 17.4 Å². The number of carbonyl (C=O) groups excluding carboxylic acids is 1. The summed E-state index contributed by atoms with van der Waals surface area (Å²) in [7, 11) is 0. The van der Waals surface area contributed by atoms with E-state index in [2.05, 4.69) is 5.32 Å². The summed E-state index contributed by atoms with van der Waals surface area (Å²) in [5.74, 6) is -1.01. The van der Waals surface area contributed by atoms with E-state index in [9.17, 15) is 9.59 Å². The van der Waals surface area contributed by atoms with Crippen LogP contribution in [0.25, 0.3) is 0 Å². The number of hydrogen-bond donors (Lipinski definition) is 2. The molecule has 2 rings (SSSR count). The van der Waals surface area contributed by atoms with Crippen LogP contribution >= 0.6 is 11.8 Å². The first kappa shape index (κ1) is 15.7. The van der Waals surface area contributed by atoms with E-state index in [-0.39, 0.29) is 12.6 Å². The Hall–Kier alpha value is -1.73.